The van der Waals surface area contributed by atoms with Gasteiger partial charge in [0.2, 0.25) is 27.6 Å². The Morgan fingerprint density at radius 1 is 0.941 bits per heavy atom. The van der Waals surface area contributed by atoms with E-state index in [1.54, 1.807) is 9.21 Å². The smallest absolute Gasteiger partial charge is 0.315 e. The van der Waals surface area contributed by atoms with Crippen molar-refractivity contribution in [3.63, 3.8) is 0 Å². The van der Waals surface area contributed by atoms with E-state index in [1.165, 1.54) is 0 Å². The summed E-state index contributed by atoms with van der Waals surface area (Å²) in [7, 11) is -3.64. The molecule has 0 radical (unpaired) electrons. The molecule has 14 heteroatoms. The number of nitrogens with zero attached hydrogens (tertiary/aromatic N) is 2. The molecule has 0 aromatic heterocycles. The van der Waals surface area contributed by atoms with Crippen molar-refractivity contribution in [2.24, 2.45) is 22.7 Å². The van der Waals surface area contributed by atoms with Gasteiger partial charge in [0.05, 0.1) is 17.3 Å². The third kappa shape index (κ3) is 8.91. The first-order valence-electron chi connectivity index (χ1n) is 19.4. The second-order valence-electron chi connectivity index (χ2n) is 17.6. The van der Waals surface area contributed by atoms with E-state index in [-0.39, 0.29) is 35.1 Å². The van der Waals surface area contributed by atoms with Crippen molar-refractivity contribution in [2.45, 2.75) is 161 Å². The average Bonchev–Trinajstić information content (AvgIpc) is 4.00. The van der Waals surface area contributed by atoms with Gasteiger partial charge in [-0.2, -0.15) is 4.31 Å². The molecule has 4 N–H and O–H groups in total. The zero-order chi connectivity index (χ0) is 37.5. The number of fused-ring (bicyclic) bond motifs is 1. The molecule has 0 aromatic rings. The second kappa shape index (κ2) is 14.9. The Bertz CT molecular complexity index is 1460. The Morgan fingerprint density at radius 3 is 2.14 bits per heavy atom. The number of Topliss-reactive ketones (excluding diaryl/α,β-unsaturated/α-hetero) is 1. The Morgan fingerprint density at radius 2 is 1.59 bits per heavy atom. The molecule has 0 bridgehead atoms. The molecule has 1 heterocycles. The number of amides is 5. The quantitative estimate of drug-likeness (QED) is 0.176. The molecule has 1 aliphatic heterocycles. The highest BCUT2D eigenvalue weighted by Crippen LogP contribution is 2.65. The molecule has 5 aliphatic rings. The lowest BCUT2D eigenvalue weighted by Crippen LogP contribution is -2.64. The molecule has 5 amide bonds. The largest absolute Gasteiger partial charge is 0.347 e. The number of ketones is 1. The minimum atomic E-state index is -3.64. The maximum Gasteiger partial charge on any atom is 0.315 e. The van der Waals surface area contributed by atoms with E-state index in [9.17, 15) is 32.4 Å². The average molecular weight is 735 g/mol. The van der Waals surface area contributed by atoms with Crippen LogP contribution in [0, 0.1) is 22.7 Å². The van der Waals surface area contributed by atoms with Crippen LogP contribution in [0.1, 0.15) is 126 Å². The van der Waals surface area contributed by atoms with Gasteiger partial charge in [0.15, 0.2) is 0 Å². The first-order chi connectivity index (χ1) is 23.8. The van der Waals surface area contributed by atoms with Gasteiger partial charge in [0.1, 0.15) is 12.1 Å². The summed E-state index contributed by atoms with van der Waals surface area (Å²) >= 11 is 0. The van der Waals surface area contributed by atoms with Crippen LogP contribution < -0.4 is 21.3 Å². The Labute approximate surface area is 304 Å². The first kappa shape index (κ1) is 39.5. The number of piperidine rings is 1. The predicted molar refractivity (Wildman–Crippen MR) is 194 cm³/mol. The molecule has 5 atom stereocenters. The predicted octanol–water partition coefficient (Wildman–Crippen LogP) is 3.22. The third-order valence-corrected chi connectivity index (χ3v) is 14.2. The standard InChI is InChI=1S/C37H62N6O7S/c1-8-10-14-26(29(44)32(46)38-23-15-16-23)39-31(45)28-27-25(36(27,6)7)21-42(28)33(47)30(35(3,4)5)40-34(48)41-37(19-12-11-13-20-37)22-51(49,50)43(9-2)24-17-18-24/h23-28,30H,8-22H2,1-7H3,(H,38,46)(H,39,45)(H2,40,41,48)/t25-,26-,27-,28-,30+/m0/s1. The van der Waals surface area contributed by atoms with Gasteiger partial charge in [-0.25, -0.2) is 13.2 Å². The summed E-state index contributed by atoms with van der Waals surface area (Å²) in [6, 6.07) is -3.46. The third-order valence-electron chi connectivity index (χ3n) is 12.0. The molecule has 13 nitrogen and oxygen atoms in total. The SMILES string of the molecule is CCCC[C@H](NC(=O)[C@@H]1[C@@H]2[C@H](CN1C(=O)[C@@H](NC(=O)NC1(CS(=O)(=O)N(CC)C3CC3)CCCCC1)C(C)(C)C)C2(C)C)C(=O)C(=O)NC1CC1. The molecule has 1 saturated heterocycles. The number of unbranched alkanes of at least 4 members (excludes halogenated alkanes) is 1. The van der Waals surface area contributed by atoms with E-state index in [0.29, 0.717) is 38.8 Å². The van der Waals surface area contributed by atoms with Crippen LogP contribution in [-0.4, -0.2) is 102 Å². The van der Waals surface area contributed by atoms with E-state index in [4.69, 9.17) is 0 Å². The van der Waals surface area contributed by atoms with E-state index in [0.717, 1.165) is 51.4 Å². The van der Waals surface area contributed by atoms with E-state index < -0.39 is 68.6 Å². The van der Waals surface area contributed by atoms with Crippen LogP contribution in [0.25, 0.3) is 0 Å². The molecule has 0 spiro atoms. The fourth-order valence-corrected chi connectivity index (χ4v) is 10.9. The molecule has 5 rings (SSSR count). The van der Waals surface area contributed by atoms with Crippen LogP contribution in [0.2, 0.25) is 0 Å². The Kier molecular flexibility index (Phi) is 11.6. The molecular weight excluding hydrogens is 673 g/mol. The van der Waals surface area contributed by atoms with Gasteiger partial charge in [0, 0.05) is 25.2 Å². The summed E-state index contributed by atoms with van der Waals surface area (Å²) in [5.41, 5.74) is -1.91. The number of sulfonamides is 1. The zero-order valence-electron chi connectivity index (χ0n) is 31.8. The van der Waals surface area contributed by atoms with Gasteiger partial charge in [-0.1, -0.05) is 80.6 Å². The van der Waals surface area contributed by atoms with Crippen LogP contribution in [0.3, 0.4) is 0 Å². The molecular formula is C37H62N6O7S. The maximum atomic E-state index is 14.5. The summed E-state index contributed by atoms with van der Waals surface area (Å²) in [4.78, 5) is 70.0. The van der Waals surface area contributed by atoms with Gasteiger partial charge < -0.3 is 26.2 Å². The number of carbonyl (C=O) groups excluding carboxylic acids is 5. The lowest BCUT2D eigenvalue weighted by atomic mass is 9.83. The first-order valence-corrected chi connectivity index (χ1v) is 21.0. The molecule has 4 aliphatic carbocycles. The molecule has 0 unspecified atom stereocenters. The number of urea groups is 1. The Hall–Kier alpha value is -2.74. The van der Waals surface area contributed by atoms with Crippen LogP contribution >= 0.6 is 0 Å². The second-order valence-corrected chi connectivity index (χ2v) is 19.6. The summed E-state index contributed by atoms with van der Waals surface area (Å²) in [5.74, 6) is -2.48. The van der Waals surface area contributed by atoms with E-state index >= 15 is 0 Å². The Balaban J connectivity index is 1.33. The minimum absolute atomic E-state index is 0.00476. The zero-order valence-corrected chi connectivity index (χ0v) is 32.6. The number of rotatable bonds is 16. The normalized spacial score (nSPS) is 26.4. The highest BCUT2D eigenvalue weighted by atomic mass is 32.2. The number of likely N-dealkylation sites (tertiary alicyclic amines) is 1. The van der Waals surface area contributed by atoms with Crippen LogP contribution in [0.15, 0.2) is 0 Å². The number of hydrogen-bond donors (Lipinski definition) is 4. The van der Waals surface area contributed by atoms with E-state index in [1.807, 2.05) is 34.6 Å². The van der Waals surface area contributed by atoms with Crippen LogP contribution in [0.4, 0.5) is 4.79 Å². The van der Waals surface area contributed by atoms with Crippen molar-refractivity contribution in [2.75, 3.05) is 18.8 Å². The molecule has 288 valence electrons. The molecule has 51 heavy (non-hydrogen) atoms. The fraction of sp³-hybridized carbons (Fsp3) is 0.865. The summed E-state index contributed by atoms with van der Waals surface area (Å²) in [5, 5.41) is 11.6. The highest BCUT2D eigenvalue weighted by molar-refractivity contribution is 7.89. The van der Waals surface area contributed by atoms with Crippen molar-refractivity contribution in [3.8, 4) is 0 Å². The van der Waals surface area contributed by atoms with Crippen molar-refractivity contribution in [1.29, 1.82) is 0 Å². The van der Waals surface area contributed by atoms with Crippen molar-refractivity contribution >= 4 is 39.6 Å². The minimum Gasteiger partial charge on any atom is -0.347 e. The molecule has 4 saturated carbocycles. The van der Waals surface area contributed by atoms with E-state index in [2.05, 4.69) is 35.1 Å². The molecule has 5 fully saturated rings. The van der Waals surface area contributed by atoms with Crippen LogP contribution in [-0.2, 0) is 29.2 Å². The van der Waals surface area contributed by atoms with Crippen molar-refractivity contribution in [1.82, 2.24) is 30.5 Å². The number of carbonyl (C=O) groups is 5. The topological polar surface area (TPSA) is 174 Å². The molecule has 0 aromatic carbocycles. The maximum absolute atomic E-state index is 14.5. The van der Waals surface area contributed by atoms with Gasteiger partial charge in [-0.05, 0) is 67.6 Å². The summed E-state index contributed by atoms with van der Waals surface area (Å²) < 4.78 is 28.8. The van der Waals surface area contributed by atoms with Gasteiger partial charge in [0.25, 0.3) is 5.91 Å². The van der Waals surface area contributed by atoms with Gasteiger partial charge >= 0.3 is 6.03 Å². The lowest BCUT2D eigenvalue weighted by molar-refractivity contribution is -0.145. The van der Waals surface area contributed by atoms with Crippen molar-refractivity contribution < 1.29 is 32.4 Å². The number of nitrogens with one attached hydrogen (secondary N) is 4. The van der Waals surface area contributed by atoms with Gasteiger partial charge in [-0.3, -0.25) is 19.2 Å². The number of hydrogen-bond acceptors (Lipinski definition) is 7. The monoisotopic (exact) mass is 734 g/mol. The van der Waals surface area contributed by atoms with Crippen molar-refractivity contribution in [3.05, 3.63) is 0 Å². The highest BCUT2D eigenvalue weighted by Gasteiger charge is 2.70. The lowest BCUT2D eigenvalue weighted by Gasteiger charge is -2.41. The summed E-state index contributed by atoms with van der Waals surface area (Å²) in [6.45, 7) is 14.2. The summed E-state index contributed by atoms with van der Waals surface area (Å²) in [6.07, 6.45) is 8.71. The van der Waals surface area contributed by atoms with Gasteiger partial charge in [-0.15, -0.1) is 0 Å². The fourth-order valence-electron chi connectivity index (χ4n) is 8.62. The van der Waals surface area contributed by atoms with Crippen LogP contribution in [0.5, 0.6) is 0 Å².